The molecule has 5 nitrogen and oxygen atoms in total. The molecular weight excluding hydrogens is 757 g/mol. The van der Waals surface area contributed by atoms with E-state index in [0.29, 0.717) is 17.5 Å². The third-order valence-corrected chi connectivity index (χ3v) is 12.4. The summed E-state index contributed by atoms with van der Waals surface area (Å²) in [6.45, 7) is 0. The molecule has 0 aliphatic rings. The molecule has 0 unspecified atom stereocenters. The number of aromatic nitrogens is 4. The summed E-state index contributed by atoms with van der Waals surface area (Å²) in [4.78, 5) is 15.6. The van der Waals surface area contributed by atoms with E-state index < -0.39 is 0 Å². The van der Waals surface area contributed by atoms with Gasteiger partial charge in [-0.2, -0.15) is 0 Å². The van der Waals surface area contributed by atoms with Gasteiger partial charge >= 0.3 is 0 Å². The summed E-state index contributed by atoms with van der Waals surface area (Å²) in [5.41, 5.74) is 9.95. The van der Waals surface area contributed by atoms with Gasteiger partial charge in [-0.15, -0.1) is 0 Å². The van der Waals surface area contributed by atoms with E-state index in [1.165, 1.54) is 32.6 Å². The quantitative estimate of drug-likeness (QED) is 0.174. The average Bonchev–Trinajstić information content (AvgIpc) is 3.89. The summed E-state index contributed by atoms with van der Waals surface area (Å²) in [6.07, 6.45) is 0. The minimum atomic E-state index is 0.553. The Labute approximate surface area is 355 Å². The number of para-hydroxylation sites is 2. The van der Waals surface area contributed by atoms with Crippen molar-refractivity contribution in [3.63, 3.8) is 0 Å². The molecule has 3 heterocycles. The number of hydrogen-bond donors (Lipinski definition) is 0. The number of nitrogens with zero attached hydrogens (tertiary/aromatic N) is 4. The molecule has 13 aromatic rings. The van der Waals surface area contributed by atoms with Crippen LogP contribution in [0.2, 0.25) is 0 Å². The molecule has 62 heavy (non-hydrogen) atoms. The topological polar surface area (TPSA) is 56.7 Å². The highest BCUT2D eigenvalue weighted by atomic mass is 16.3. The molecule has 0 saturated heterocycles. The van der Waals surface area contributed by atoms with Crippen LogP contribution in [0.25, 0.3) is 127 Å². The SMILES string of the molecule is c1ccc(-c2ccc(-c3nc(-c4cccc5ccccc45)nc(-c4cccc5c4oc4ccc6ccc(-n7c8ccccc8c8cc9ccccc9cc87)cc6c45)n3)cc2)cc1. The Morgan fingerprint density at radius 1 is 0.339 bits per heavy atom. The molecule has 5 heteroatoms. The fourth-order valence-corrected chi connectivity index (χ4v) is 9.46. The number of fused-ring (bicyclic) bond motifs is 10. The maximum Gasteiger partial charge on any atom is 0.167 e. The Bertz CT molecular complexity index is 3910. The van der Waals surface area contributed by atoms with Gasteiger partial charge in [-0.1, -0.05) is 164 Å². The van der Waals surface area contributed by atoms with Crippen LogP contribution in [0.1, 0.15) is 0 Å². The minimum absolute atomic E-state index is 0.553. The Morgan fingerprint density at radius 3 is 1.79 bits per heavy atom. The summed E-state index contributed by atoms with van der Waals surface area (Å²) < 4.78 is 9.28. The van der Waals surface area contributed by atoms with Crippen molar-refractivity contribution < 1.29 is 4.42 Å². The average molecular weight is 791 g/mol. The first-order valence-electron chi connectivity index (χ1n) is 20.9. The van der Waals surface area contributed by atoms with Crippen LogP contribution >= 0.6 is 0 Å². The molecule has 0 atom stereocenters. The van der Waals surface area contributed by atoms with Crippen molar-refractivity contribution in [2.75, 3.05) is 0 Å². The van der Waals surface area contributed by atoms with Gasteiger partial charge in [0.1, 0.15) is 11.2 Å². The molecule has 0 radical (unpaired) electrons. The van der Waals surface area contributed by atoms with Gasteiger partial charge in [0.25, 0.3) is 0 Å². The van der Waals surface area contributed by atoms with Gasteiger partial charge in [0, 0.05) is 38.4 Å². The highest BCUT2D eigenvalue weighted by molar-refractivity contribution is 6.21. The van der Waals surface area contributed by atoms with Crippen LogP contribution in [0.4, 0.5) is 0 Å². The third kappa shape index (κ3) is 5.38. The maximum absolute atomic E-state index is 6.88. The van der Waals surface area contributed by atoms with E-state index in [2.05, 4.69) is 205 Å². The number of hydrogen-bond acceptors (Lipinski definition) is 4. The molecule has 3 aromatic heterocycles. The fourth-order valence-electron chi connectivity index (χ4n) is 9.46. The van der Waals surface area contributed by atoms with Gasteiger partial charge in [-0.25, -0.2) is 15.0 Å². The Hall–Kier alpha value is -8.41. The van der Waals surface area contributed by atoms with Crippen LogP contribution in [0.3, 0.4) is 0 Å². The smallest absolute Gasteiger partial charge is 0.167 e. The van der Waals surface area contributed by atoms with Gasteiger partial charge in [-0.05, 0) is 85.9 Å². The highest BCUT2D eigenvalue weighted by Gasteiger charge is 2.21. The Balaban J connectivity index is 1.02. The summed E-state index contributed by atoms with van der Waals surface area (Å²) in [5.74, 6) is 1.76. The molecule has 0 spiro atoms. The van der Waals surface area contributed by atoms with E-state index in [4.69, 9.17) is 19.4 Å². The van der Waals surface area contributed by atoms with Crippen molar-refractivity contribution in [1.82, 2.24) is 19.5 Å². The van der Waals surface area contributed by atoms with E-state index >= 15 is 0 Å². The molecule has 0 bridgehead atoms. The van der Waals surface area contributed by atoms with E-state index in [-0.39, 0.29) is 0 Å². The monoisotopic (exact) mass is 790 g/mol. The van der Waals surface area contributed by atoms with Gasteiger partial charge in [0.2, 0.25) is 0 Å². The summed E-state index contributed by atoms with van der Waals surface area (Å²) in [5, 5.41) is 11.5. The standard InChI is InChI=1S/C57H34N4O/c1-2-12-35(13-3-1)36-24-26-39(27-25-36)55-58-56(45-20-10-17-37-14-6-7-18-43(37)45)60-57(59-55)47-22-11-21-46-53-48-34-42(30-28-38(48)29-31-52(53)62-54(46)47)61-50-23-9-8-19-44(50)49-32-40-15-4-5-16-41(40)33-51(49)61/h1-34H. The minimum Gasteiger partial charge on any atom is -0.455 e. The molecule has 288 valence electrons. The molecule has 0 fully saturated rings. The molecule has 0 amide bonds. The van der Waals surface area contributed by atoms with E-state index in [0.717, 1.165) is 77.0 Å². The molecule has 0 saturated carbocycles. The van der Waals surface area contributed by atoms with Crippen LogP contribution in [0, 0.1) is 0 Å². The van der Waals surface area contributed by atoms with E-state index in [1.807, 2.05) is 6.07 Å². The van der Waals surface area contributed by atoms with Gasteiger partial charge in [-0.3, -0.25) is 0 Å². The van der Waals surface area contributed by atoms with Crippen LogP contribution in [-0.4, -0.2) is 19.5 Å². The van der Waals surface area contributed by atoms with Crippen LogP contribution < -0.4 is 0 Å². The molecule has 13 rings (SSSR count). The second kappa shape index (κ2) is 13.6. The van der Waals surface area contributed by atoms with Crippen molar-refractivity contribution in [2.45, 2.75) is 0 Å². The first-order valence-corrected chi connectivity index (χ1v) is 20.9. The van der Waals surface area contributed by atoms with E-state index in [1.54, 1.807) is 0 Å². The second-order valence-corrected chi connectivity index (χ2v) is 16.0. The van der Waals surface area contributed by atoms with Gasteiger partial charge in [0.05, 0.1) is 16.6 Å². The van der Waals surface area contributed by atoms with Crippen LogP contribution in [-0.2, 0) is 0 Å². The number of furan rings is 1. The van der Waals surface area contributed by atoms with Crippen molar-refractivity contribution in [3.05, 3.63) is 206 Å². The zero-order valence-corrected chi connectivity index (χ0v) is 33.3. The van der Waals surface area contributed by atoms with Crippen molar-refractivity contribution >= 4 is 76.1 Å². The number of rotatable bonds is 5. The molecule has 0 N–H and O–H groups in total. The molecule has 0 aliphatic carbocycles. The molecule has 0 aliphatic heterocycles. The van der Waals surface area contributed by atoms with Crippen molar-refractivity contribution in [3.8, 4) is 51.0 Å². The predicted molar refractivity (Wildman–Crippen MR) is 256 cm³/mol. The number of benzene rings is 10. The first kappa shape index (κ1) is 34.5. The maximum atomic E-state index is 6.88. The lowest BCUT2D eigenvalue weighted by atomic mass is 10.0. The lowest BCUT2D eigenvalue weighted by Crippen LogP contribution is -2.00. The highest BCUT2D eigenvalue weighted by Crippen LogP contribution is 2.42. The van der Waals surface area contributed by atoms with Gasteiger partial charge < -0.3 is 8.98 Å². The predicted octanol–water partition coefficient (Wildman–Crippen LogP) is 15.0. The molecule has 10 aromatic carbocycles. The largest absolute Gasteiger partial charge is 0.455 e. The van der Waals surface area contributed by atoms with Crippen LogP contribution in [0.5, 0.6) is 0 Å². The van der Waals surface area contributed by atoms with Crippen LogP contribution in [0.15, 0.2) is 211 Å². The summed E-state index contributed by atoms with van der Waals surface area (Å²) >= 11 is 0. The van der Waals surface area contributed by atoms with Gasteiger partial charge in [0.15, 0.2) is 17.5 Å². The lowest BCUT2D eigenvalue weighted by Gasteiger charge is -2.11. The zero-order chi connectivity index (χ0) is 40.7. The fraction of sp³-hybridized carbons (Fsp3) is 0. The second-order valence-electron chi connectivity index (χ2n) is 16.0. The van der Waals surface area contributed by atoms with Crippen molar-refractivity contribution in [2.24, 2.45) is 0 Å². The zero-order valence-electron chi connectivity index (χ0n) is 33.3. The first-order chi connectivity index (χ1) is 30.7. The summed E-state index contributed by atoms with van der Waals surface area (Å²) in [6, 6.07) is 72.8. The summed E-state index contributed by atoms with van der Waals surface area (Å²) in [7, 11) is 0. The molecular formula is C57H34N4O. The Kier molecular flexibility index (Phi) is 7.54. The third-order valence-electron chi connectivity index (χ3n) is 12.4. The van der Waals surface area contributed by atoms with E-state index in [9.17, 15) is 0 Å². The van der Waals surface area contributed by atoms with Crippen molar-refractivity contribution in [1.29, 1.82) is 0 Å². The normalized spacial score (nSPS) is 11.9. The lowest BCUT2D eigenvalue weighted by molar-refractivity contribution is 0.670. The Morgan fingerprint density at radius 2 is 0.935 bits per heavy atom.